The van der Waals surface area contributed by atoms with Crippen LogP contribution < -0.4 is 5.32 Å². The lowest BCUT2D eigenvalue weighted by molar-refractivity contribution is 0.207. The molecule has 2 nitrogen and oxygen atoms in total. The van der Waals surface area contributed by atoms with Gasteiger partial charge in [-0.15, -0.1) is 24.8 Å². The summed E-state index contributed by atoms with van der Waals surface area (Å²) in [5.74, 6) is 0. The third-order valence-corrected chi connectivity index (χ3v) is 3.29. The number of rotatable bonds is 0. The predicted octanol–water partition coefficient (Wildman–Crippen LogP) is 1.54. The Morgan fingerprint density at radius 1 is 1.08 bits per heavy atom. The van der Waals surface area contributed by atoms with Crippen LogP contribution in [0.5, 0.6) is 0 Å². The van der Waals surface area contributed by atoms with E-state index in [2.05, 4.69) is 17.3 Å². The van der Waals surface area contributed by atoms with Gasteiger partial charge in [0.25, 0.3) is 0 Å². The SMILES string of the molecule is CN1CCC2(CCNCC2)C1.Cl.Cl. The second kappa shape index (κ2) is 5.40. The first kappa shape index (κ1) is 13.5. The van der Waals surface area contributed by atoms with E-state index in [0.717, 1.165) is 0 Å². The van der Waals surface area contributed by atoms with Crippen molar-refractivity contribution in [2.24, 2.45) is 5.41 Å². The molecule has 2 heterocycles. The molecular formula is C9H20Cl2N2. The number of piperidine rings is 1. The summed E-state index contributed by atoms with van der Waals surface area (Å²) in [4.78, 5) is 2.48. The zero-order chi connectivity index (χ0) is 7.73. The van der Waals surface area contributed by atoms with Crippen molar-refractivity contribution in [1.29, 1.82) is 0 Å². The molecule has 2 aliphatic heterocycles. The minimum Gasteiger partial charge on any atom is -0.317 e. The third-order valence-electron chi connectivity index (χ3n) is 3.29. The van der Waals surface area contributed by atoms with E-state index in [9.17, 15) is 0 Å². The monoisotopic (exact) mass is 226 g/mol. The summed E-state index contributed by atoms with van der Waals surface area (Å²) in [6, 6.07) is 0. The molecule has 4 heteroatoms. The van der Waals surface area contributed by atoms with Crippen LogP contribution in [0.15, 0.2) is 0 Å². The van der Waals surface area contributed by atoms with Crippen molar-refractivity contribution in [2.45, 2.75) is 19.3 Å². The maximum Gasteiger partial charge on any atom is 0.00364 e. The van der Waals surface area contributed by atoms with Gasteiger partial charge < -0.3 is 10.2 Å². The van der Waals surface area contributed by atoms with Crippen LogP contribution in [0, 0.1) is 5.41 Å². The van der Waals surface area contributed by atoms with Gasteiger partial charge in [0.15, 0.2) is 0 Å². The molecule has 0 atom stereocenters. The van der Waals surface area contributed by atoms with Crippen LogP contribution in [-0.2, 0) is 0 Å². The Balaban J connectivity index is 0.000000720. The molecule has 80 valence electrons. The average Bonchev–Trinajstić information content (AvgIpc) is 2.34. The lowest BCUT2D eigenvalue weighted by Gasteiger charge is -2.33. The number of hydrogen-bond acceptors (Lipinski definition) is 2. The molecule has 0 radical (unpaired) electrons. The maximum atomic E-state index is 3.43. The van der Waals surface area contributed by atoms with E-state index in [1.165, 1.54) is 45.4 Å². The zero-order valence-corrected chi connectivity index (χ0v) is 9.85. The van der Waals surface area contributed by atoms with Crippen LogP contribution in [0.25, 0.3) is 0 Å². The summed E-state index contributed by atoms with van der Waals surface area (Å²) < 4.78 is 0. The van der Waals surface area contributed by atoms with Gasteiger partial charge >= 0.3 is 0 Å². The van der Waals surface area contributed by atoms with Crippen molar-refractivity contribution < 1.29 is 0 Å². The van der Waals surface area contributed by atoms with Gasteiger partial charge in [0.2, 0.25) is 0 Å². The van der Waals surface area contributed by atoms with Crippen molar-refractivity contribution in [3.05, 3.63) is 0 Å². The number of halogens is 2. The van der Waals surface area contributed by atoms with Gasteiger partial charge in [0.1, 0.15) is 0 Å². The molecule has 1 N–H and O–H groups in total. The van der Waals surface area contributed by atoms with Gasteiger partial charge in [0, 0.05) is 6.54 Å². The number of likely N-dealkylation sites (tertiary alicyclic amines) is 1. The van der Waals surface area contributed by atoms with Crippen LogP contribution in [0.3, 0.4) is 0 Å². The molecule has 0 amide bonds. The Morgan fingerprint density at radius 3 is 2.15 bits per heavy atom. The van der Waals surface area contributed by atoms with Crippen molar-refractivity contribution >= 4 is 24.8 Å². The first-order valence-corrected chi connectivity index (χ1v) is 4.70. The van der Waals surface area contributed by atoms with Crippen LogP contribution >= 0.6 is 24.8 Å². The third kappa shape index (κ3) is 2.98. The van der Waals surface area contributed by atoms with Crippen LogP contribution in [0.2, 0.25) is 0 Å². The first-order chi connectivity index (χ1) is 5.31. The highest BCUT2D eigenvalue weighted by Gasteiger charge is 2.37. The van der Waals surface area contributed by atoms with Crippen molar-refractivity contribution in [3.8, 4) is 0 Å². The minimum absolute atomic E-state index is 0. The number of hydrogen-bond donors (Lipinski definition) is 1. The molecule has 0 aromatic heterocycles. The van der Waals surface area contributed by atoms with E-state index in [1.807, 2.05) is 0 Å². The van der Waals surface area contributed by atoms with Gasteiger partial charge in [-0.05, 0) is 51.4 Å². The number of nitrogens with zero attached hydrogens (tertiary/aromatic N) is 1. The predicted molar refractivity (Wildman–Crippen MR) is 61.1 cm³/mol. The summed E-state index contributed by atoms with van der Waals surface area (Å²) in [7, 11) is 2.25. The van der Waals surface area contributed by atoms with Gasteiger partial charge in [-0.2, -0.15) is 0 Å². The van der Waals surface area contributed by atoms with E-state index in [0.29, 0.717) is 5.41 Å². The molecule has 13 heavy (non-hydrogen) atoms. The Bertz CT molecular complexity index is 141. The fourth-order valence-corrected chi connectivity index (χ4v) is 2.52. The molecule has 0 bridgehead atoms. The summed E-state index contributed by atoms with van der Waals surface area (Å²) in [6.07, 6.45) is 4.24. The van der Waals surface area contributed by atoms with E-state index in [-0.39, 0.29) is 24.8 Å². The lowest BCUT2D eigenvalue weighted by atomic mass is 9.78. The number of nitrogens with one attached hydrogen (secondary N) is 1. The average molecular weight is 227 g/mol. The molecule has 2 aliphatic rings. The van der Waals surface area contributed by atoms with Crippen LogP contribution in [0.4, 0.5) is 0 Å². The van der Waals surface area contributed by atoms with E-state index < -0.39 is 0 Å². The second-order valence-corrected chi connectivity index (χ2v) is 4.24. The van der Waals surface area contributed by atoms with Crippen molar-refractivity contribution in [3.63, 3.8) is 0 Å². The Morgan fingerprint density at radius 2 is 1.69 bits per heavy atom. The van der Waals surface area contributed by atoms with E-state index in [4.69, 9.17) is 0 Å². The quantitative estimate of drug-likeness (QED) is 0.675. The largest absolute Gasteiger partial charge is 0.317 e. The maximum absolute atomic E-state index is 3.43. The molecule has 0 aliphatic carbocycles. The first-order valence-electron chi connectivity index (χ1n) is 4.70. The Kier molecular flexibility index (Phi) is 5.61. The van der Waals surface area contributed by atoms with Crippen molar-refractivity contribution in [1.82, 2.24) is 10.2 Å². The zero-order valence-electron chi connectivity index (χ0n) is 8.21. The fourth-order valence-electron chi connectivity index (χ4n) is 2.52. The second-order valence-electron chi connectivity index (χ2n) is 4.24. The summed E-state index contributed by atoms with van der Waals surface area (Å²) >= 11 is 0. The molecule has 2 rings (SSSR count). The summed E-state index contributed by atoms with van der Waals surface area (Å²) in [6.45, 7) is 5.15. The molecule has 1 spiro atoms. The van der Waals surface area contributed by atoms with Gasteiger partial charge in [-0.25, -0.2) is 0 Å². The molecular weight excluding hydrogens is 207 g/mol. The Labute approximate surface area is 93.3 Å². The summed E-state index contributed by atoms with van der Waals surface area (Å²) in [5, 5.41) is 3.43. The molecule has 0 aromatic rings. The van der Waals surface area contributed by atoms with Crippen LogP contribution in [0.1, 0.15) is 19.3 Å². The fraction of sp³-hybridized carbons (Fsp3) is 1.00. The van der Waals surface area contributed by atoms with Crippen LogP contribution in [-0.4, -0.2) is 38.1 Å². The van der Waals surface area contributed by atoms with E-state index >= 15 is 0 Å². The molecule has 0 saturated carbocycles. The highest BCUT2D eigenvalue weighted by molar-refractivity contribution is 5.85. The van der Waals surface area contributed by atoms with Gasteiger partial charge in [0.05, 0.1) is 0 Å². The minimum atomic E-state index is 0. The standard InChI is InChI=1S/C9H18N2.2ClH/c1-11-7-4-9(8-11)2-5-10-6-3-9;;/h10H,2-8H2,1H3;2*1H. The van der Waals surface area contributed by atoms with Crippen molar-refractivity contribution in [2.75, 3.05) is 33.2 Å². The smallest absolute Gasteiger partial charge is 0.00364 e. The van der Waals surface area contributed by atoms with E-state index in [1.54, 1.807) is 0 Å². The van der Waals surface area contributed by atoms with Gasteiger partial charge in [-0.3, -0.25) is 0 Å². The highest BCUT2D eigenvalue weighted by atomic mass is 35.5. The molecule has 0 unspecified atom stereocenters. The topological polar surface area (TPSA) is 15.3 Å². The normalized spacial score (nSPS) is 26.5. The highest BCUT2D eigenvalue weighted by Crippen LogP contribution is 2.37. The Hall–Kier alpha value is 0.500. The molecule has 2 fully saturated rings. The summed E-state index contributed by atoms with van der Waals surface area (Å²) in [5.41, 5.74) is 0.708. The van der Waals surface area contributed by atoms with Gasteiger partial charge in [-0.1, -0.05) is 0 Å². The molecule has 2 saturated heterocycles. The lowest BCUT2D eigenvalue weighted by Crippen LogP contribution is -2.38. The molecule has 0 aromatic carbocycles.